The fourth-order valence-corrected chi connectivity index (χ4v) is 3.70. The van der Waals surface area contributed by atoms with Crippen molar-refractivity contribution in [1.82, 2.24) is 0 Å². The number of anilines is 1. The van der Waals surface area contributed by atoms with Gasteiger partial charge in [-0.05, 0) is 56.1 Å². The molecule has 5 nitrogen and oxygen atoms in total. The second-order valence-electron chi connectivity index (χ2n) is 3.78. The lowest BCUT2D eigenvalue weighted by Gasteiger charge is -2.07. The molecule has 2 aromatic rings. The number of carbonyl (C=O) groups is 1. The monoisotopic (exact) mass is 438 g/mol. The Morgan fingerprint density at radius 3 is 2.45 bits per heavy atom. The van der Waals surface area contributed by atoms with E-state index in [-0.39, 0.29) is 10.8 Å². The van der Waals surface area contributed by atoms with E-state index in [4.69, 9.17) is 5.14 Å². The maximum Gasteiger partial charge on any atom is 0.256 e. The van der Waals surface area contributed by atoms with Crippen LogP contribution in [0.2, 0.25) is 0 Å². The molecule has 0 radical (unpaired) electrons. The van der Waals surface area contributed by atoms with E-state index in [1.165, 1.54) is 29.5 Å². The Hall–Kier alpha value is -0.740. The van der Waals surface area contributed by atoms with Crippen LogP contribution < -0.4 is 10.5 Å². The third-order valence-corrected chi connectivity index (χ3v) is 5.42. The van der Waals surface area contributed by atoms with E-state index in [0.717, 1.165) is 3.79 Å². The average Bonchev–Trinajstić information content (AvgIpc) is 2.77. The Labute approximate surface area is 136 Å². The molecule has 2 rings (SSSR count). The van der Waals surface area contributed by atoms with Gasteiger partial charge in [-0.2, -0.15) is 0 Å². The maximum absolute atomic E-state index is 12.0. The summed E-state index contributed by atoms with van der Waals surface area (Å²) < 4.78 is 23.7. The molecule has 1 aromatic carbocycles. The summed E-state index contributed by atoms with van der Waals surface area (Å²) in [5, 5.41) is 9.43. The van der Waals surface area contributed by atoms with Crippen LogP contribution in [0.15, 0.2) is 42.8 Å². The van der Waals surface area contributed by atoms with Gasteiger partial charge in [-0.3, -0.25) is 4.79 Å². The van der Waals surface area contributed by atoms with Gasteiger partial charge in [0.25, 0.3) is 5.91 Å². The molecule has 1 aromatic heterocycles. The van der Waals surface area contributed by atoms with E-state index in [1.807, 2.05) is 0 Å². The van der Waals surface area contributed by atoms with Crippen LogP contribution in [-0.4, -0.2) is 14.3 Å². The predicted octanol–water partition coefficient (Wildman–Crippen LogP) is 3.17. The van der Waals surface area contributed by atoms with Crippen molar-refractivity contribution in [2.24, 2.45) is 5.14 Å². The molecule has 3 N–H and O–H groups in total. The van der Waals surface area contributed by atoms with Crippen LogP contribution in [-0.2, 0) is 10.0 Å². The lowest BCUT2D eigenvalue weighted by atomic mass is 10.3. The van der Waals surface area contributed by atoms with Crippen molar-refractivity contribution < 1.29 is 13.2 Å². The molecule has 9 heteroatoms. The standard InChI is InChI=1S/C11H8Br2N2O3S2/c12-8-4-7(20(14,17)18)1-2-9(8)15-11(16)6-3-10(13)19-5-6/h1-5H,(H,15,16)(H2,14,17,18). The minimum absolute atomic E-state index is 0.0272. The summed E-state index contributed by atoms with van der Waals surface area (Å²) in [7, 11) is -3.77. The molecule has 0 unspecified atom stereocenters. The van der Waals surface area contributed by atoms with Crippen LogP contribution in [0.5, 0.6) is 0 Å². The number of thiophene rings is 1. The van der Waals surface area contributed by atoms with Gasteiger partial charge in [0.2, 0.25) is 10.0 Å². The van der Waals surface area contributed by atoms with Crippen LogP contribution in [0.3, 0.4) is 0 Å². The fraction of sp³-hybridized carbons (Fsp3) is 0. The topological polar surface area (TPSA) is 89.3 Å². The van der Waals surface area contributed by atoms with Gasteiger partial charge >= 0.3 is 0 Å². The van der Waals surface area contributed by atoms with Crippen molar-refractivity contribution in [3.05, 3.63) is 43.5 Å². The molecule has 0 atom stereocenters. The molecular weight excluding hydrogens is 432 g/mol. The van der Waals surface area contributed by atoms with Gasteiger partial charge in [-0.15, -0.1) is 11.3 Å². The normalized spacial score (nSPS) is 11.3. The number of rotatable bonds is 3. The molecule has 1 amide bonds. The molecule has 0 fully saturated rings. The number of sulfonamides is 1. The van der Waals surface area contributed by atoms with Crippen molar-refractivity contribution in [2.75, 3.05) is 5.32 Å². The Kier molecular flexibility index (Phi) is 4.65. The number of primary sulfonamides is 1. The van der Waals surface area contributed by atoms with E-state index < -0.39 is 10.0 Å². The van der Waals surface area contributed by atoms with Gasteiger partial charge in [0, 0.05) is 9.85 Å². The minimum Gasteiger partial charge on any atom is -0.321 e. The van der Waals surface area contributed by atoms with Crippen molar-refractivity contribution >= 4 is 64.8 Å². The summed E-state index contributed by atoms with van der Waals surface area (Å²) >= 11 is 7.89. The van der Waals surface area contributed by atoms with Crippen LogP contribution in [0.25, 0.3) is 0 Å². The molecule has 106 valence electrons. The number of benzene rings is 1. The zero-order chi connectivity index (χ0) is 14.9. The SMILES string of the molecule is NS(=O)(=O)c1ccc(NC(=O)c2csc(Br)c2)c(Br)c1. The third kappa shape index (κ3) is 3.67. The molecular formula is C11H8Br2N2O3S2. The number of carbonyl (C=O) groups excluding carboxylic acids is 1. The lowest BCUT2D eigenvalue weighted by Crippen LogP contribution is -2.14. The van der Waals surface area contributed by atoms with Crippen LogP contribution >= 0.6 is 43.2 Å². The van der Waals surface area contributed by atoms with Crippen LogP contribution in [0.1, 0.15) is 10.4 Å². The second kappa shape index (κ2) is 5.94. The molecule has 20 heavy (non-hydrogen) atoms. The fourth-order valence-electron chi connectivity index (χ4n) is 1.40. The van der Waals surface area contributed by atoms with E-state index >= 15 is 0 Å². The maximum atomic E-state index is 12.0. The highest BCUT2D eigenvalue weighted by atomic mass is 79.9. The Bertz CT molecular complexity index is 772. The molecule has 1 heterocycles. The van der Waals surface area contributed by atoms with Crippen molar-refractivity contribution in [3.8, 4) is 0 Å². The number of nitrogens with one attached hydrogen (secondary N) is 1. The number of halogens is 2. The van der Waals surface area contributed by atoms with Gasteiger partial charge in [0.15, 0.2) is 0 Å². The molecule has 0 saturated carbocycles. The largest absolute Gasteiger partial charge is 0.321 e. The van der Waals surface area contributed by atoms with E-state index in [1.54, 1.807) is 11.4 Å². The second-order valence-corrected chi connectivity index (χ2v) is 8.49. The summed E-state index contributed by atoms with van der Waals surface area (Å²) in [6.07, 6.45) is 0. The number of hydrogen-bond donors (Lipinski definition) is 2. The summed E-state index contributed by atoms with van der Waals surface area (Å²) in [4.78, 5) is 11.9. The van der Waals surface area contributed by atoms with Gasteiger partial charge < -0.3 is 5.32 Å². The molecule has 0 aliphatic carbocycles. The van der Waals surface area contributed by atoms with Gasteiger partial charge in [0.05, 0.1) is 19.9 Å². The minimum atomic E-state index is -3.77. The first-order valence-corrected chi connectivity index (χ1v) is 9.16. The van der Waals surface area contributed by atoms with E-state index in [0.29, 0.717) is 15.7 Å². The van der Waals surface area contributed by atoms with Gasteiger partial charge in [-0.1, -0.05) is 0 Å². The number of amides is 1. The first-order valence-electron chi connectivity index (χ1n) is 5.15. The molecule has 0 aliphatic rings. The van der Waals surface area contributed by atoms with Crippen LogP contribution in [0, 0.1) is 0 Å². The number of hydrogen-bond acceptors (Lipinski definition) is 4. The van der Waals surface area contributed by atoms with Crippen molar-refractivity contribution in [3.63, 3.8) is 0 Å². The van der Waals surface area contributed by atoms with Crippen LogP contribution in [0.4, 0.5) is 5.69 Å². The van der Waals surface area contributed by atoms with Gasteiger partial charge in [0.1, 0.15) is 0 Å². The molecule has 0 aliphatic heterocycles. The molecule has 0 saturated heterocycles. The van der Waals surface area contributed by atoms with Crippen molar-refractivity contribution in [1.29, 1.82) is 0 Å². The highest BCUT2D eigenvalue weighted by Crippen LogP contribution is 2.27. The third-order valence-electron chi connectivity index (χ3n) is 2.35. The number of nitrogens with two attached hydrogens (primary N) is 1. The summed E-state index contributed by atoms with van der Waals surface area (Å²) in [5.74, 6) is -0.281. The summed E-state index contributed by atoms with van der Waals surface area (Å²) in [6.45, 7) is 0. The zero-order valence-corrected chi connectivity index (χ0v) is 14.6. The highest BCUT2D eigenvalue weighted by Gasteiger charge is 2.13. The first-order chi connectivity index (χ1) is 9.27. The Balaban J connectivity index is 2.25. The Morgan fingerprint density at radius 2 is 1.95 bits per heavy atom. The summed E-state index contributed by atoms with van der Waals surface area (Å²) in [5.41, 5.74) is 0.981. The Morgan fingerprint density at radius 1 is 1.25 bits per heavy atom. The van der Waals surface area contributed by atoms with Crippen molar-refractivity contribution in [2.45, 2.75) is 4.90 Å². The lowest BCUT2D eigenvalue weighted by molar-refractivity contribution is 0.102. The van der Waals surface area contributed by atoms with E-state index in [2.05, 4.69) is 37.2 Å². The highest BCUT2D eigenvalue weighted by molar-refractivity contribution is 9.11. The van der Waals surface area contributed by atoms with Gasteiger partial charge in [-0.25, -0.2) is 13.6 Å². The average molecular weight is 440 g/mol. The quantitative estimate of drug-likeness (QED) is 0.769. The molecule has 0 spiro atoms. The van der Waals surface area contributed by atoms with E-state index in [9.17, 15) is 13.2 Å². The zero-order valence-electron chi connectivity index (χ0n) is 9.76. The summed E-state index contributed by atoms with van der Waals surface area (Å²) in [6, 6.07) is 5.85. The molecule has 0 bridgehead atoms. The smallest absolute Gasteiger partial charge is 0.256 e. The predicted molar refractivity (Wildman–Crippen MR) is 85.5 cm³/mol. The first kappa shape index (κ1) is 15.6.